The van der Waals surface area contributed by atoms with Gasteiger partial charge in [-0.2, -0.15) is 0 Å². The fourth-order valence-corrected chi connectivity index (χ4v) is 5.42. The summed E-state index contributed by atoms with van der Waals surface area (Å²) in [5.41, 5.74) is 16.9. The minimum Gasteiger partial charge on any atom is -0.480 e. The molecular formula is C37H68N10O10. The van der Waals surface area contributed by atoms with E-state index in [0.29, 0.717) is 32.2 Å². The Morgan fingerprint density at radius 3 is 1.47 bits per heavy atom. The lowest BCUT2D eigenvalue weighted by molar-refractivity contribution is -0.138. The SMILES string of the molecule is CC[C@H](C)[C@H](N)C(=O)N[C@H](C(=O)N[C@H](C(=O)N[C@H](C(=O)N[C@@H](CCC(N)=O)C(=O)NCC(=O)N[C@@H](CCCCN)C(=O)NCC(=O)O)C(C)C)C(C)C)[C@@H](C)CC. The van der Waals surface area contributed by atoms with Crippen LogP contribution in [0, 0.1) is 23.7 Å². The molecule has 0 saturated heterocycles. The van der Waals surface area contributed by atoms with Crippen molar-refractivity contribution in [1.29, 1.82) is 0 Å². The van der Waals surface area contributed by atoms with Crippen molar-refractivity contribution in [2.45, 2.75) is 137 Å². The topological polar surface area (TPSA) is 336 Å². The van der Waals surface area contributed by atoms with Gasteiger partial charge >= 0.3 is 5.97 Å². The predicted octanol–water partition coefficient (Wildman–Crippen LogP) is -2.15. The Labute approximate surface area is 335 Å². The van der Waals surface area contributed by atoms with Gasteiger partial charge < -0.3 is 59.5 Å². The largest absolute Gasteiger partial charge is 0.480 e. The summed E-state index contributed by atoms with van der Waals surface area (Å²) in [6.45, 7) is 13.0. The van der Waals surface area contributed by atoms with E-state index >= 15 is 0 Å². The van der Waals surface area contributed by atoms with Gasteiger partial charge in [-0.15, -0.1) is 0 Å². The maximum atomic E-state index is 13.7. The Morgan fingerprint density at radius 2 is 1.02 bits per heavy atom. The smallest absolute Gasteiger partial charge is 0.322 e. The number of carboxylic acids is 1. The van der Waals surface area contributed by atoms with Crippen LogP contribution >= 0.6 is 0 Å². The van der Waals surface area contributed by atoms with Crippen LogP contribution in [0.2, 0.25) is 0 Å². The molecule has 8 atom stereocenters. The molecule has 0 aromatic heterocycles. The van der Waals surface area contributed by atoms with Gasteiger partial charge in [0.1, 0.15) is 36.8 Å². The van der Waals surface area contributed by atoms with Gasteiger partial charge in [-0.3, -0.25) is 43.2 Å². The molecule has 14 N–H and O–H groups in total. The van der Waals surface area contributed by atoms with Crippen LogP contribution in [-0.2, 0) is 43.2 Å². The molecule has 0 aromatic carbocycles. The first kappa shape index (κ1) is 52.2. The van der Waals surface area contributed by atoms with Crippen molar-refractivity contribution in [3.63, 3.8) is 0 Å². The maximum absolute atomic E-state index is 13.7. The van der Waals surface area contributed by atoms with Crippen LogP contribution in [0.4, 0.5) is 0 Å². The highest BCUT2D eigenvalue weighted by Crippen LogP contribution is 2.13. The Balaban J connectivity index is 5.98. The van der Waals surface area contributed by atoms with Gasteiger partial charge in [0, 0.05) is 6.42 Å². The number of amides is 8. The molecule has 0 spiro atoms. The lowest BCUT2D eigenvalue weighted by Crippen LogP contribution is -2.61. The average Bonchev–Trinajstić information content (AvgIpc) is 3.15. The van der Waals surface area contributed by atoms with Gasteiger partial charge in [0.15, 0.2) is 0 Å². The molecule has 0 bridgehead atoms. The van der Waals surface area contributed by atoms with Gasteiger partial charge in [0.2, 0.25) is 47.3 Å². The zero-order valence-electron chi connectivity index (χ0n) is 34.7. The number of hydrogen-bond donors (Lipinski definition) is 11. The van der Waals surface area contributed by atoms with E-state index in [4.69, 9.17) is 22.3 Å². The lowest BCUT2D eigenvalue weighted by Gasteiger charge is -2.31. The number of primary amides is 1. The van der Waals surface area contributed by atoms with E-state index in [0.717, 1.165) is 0 Å². The molecule has 0 heterocycles. The number of nitrogens with two attached hydrogens (primary N) is 3. The summed E-state index contributed by atoms with van der Waals surface area (Å²) in [6, 6.07) is -6.73. The van der Waals surface area contributed by atoms with Crippen LogP contribution in [0.15, 0.2) is 0 Å². The van der Waals surface area contributed by atoms with E-state index in [-0.39, 0.29) is 31.1 Å². The van der Waals surface area contributed by atoms with Crippen molar-refractivity contribution in [3.05, 3.63) is 0 Å². The molecule has 0 rings (SSSR count). The highest BCUT2D eigenvalue weighted by atomic mass is 16.4. The van der Waals surface area contributed by atoms with Crippen molar-refractivity contribution in [1.82, 2.24) is 37.2 Å². The van der Waals surface area contributed by atoms with E-state index in [1.807, 2.05) is 20.8 Å². The lowest BCUT2D eigenvalue weighted by atomic mass is 9.94. The zero-order valence-corrected chi connectivity index (χ0v) is 34.7. The molecule has 0 fully saturated rings. The fraction of sp³-hybridized carbons (Fsp3) is 0.757. The Hall–Kier alpha value is -4.85. The fourth-order valence-electron chi connectivity index (χ4n) is 5.42. The average molecular weight is 813 g/mol. The van der Waals surface area contributed by atoms with Gasteiger partial charge in [-0.1, -0.05) is 68.2 Å². The summed E-state index contributed by atoms with van der Waals surface area (Å²) in [5.74, 6) is -8.55. The van der Waals surface area contributed by atoms with Crippen LogP contribution in [0.25, 0.3) is 0 Å². The summed E-state index contributed by atoms with van der Waals surface area (Å²) in [6.07, 6.45) is 1.71. The highest BCUT2D eigenvalue weighted by Gasteiger charge is 2.36. The number of rotatable bonds is 28. The summed E-state index contributed by atoms with van der Waals surface area (Å²) in [4.78, 5) is 115. The molecule has 326 valence electrons. The second-order valence-electron chi connectivity index (χ2n) is 15.0. The van der Waals surface area contributed by atoms with E-state index in [1.165, 1.54) is 0 Å². The summed E-state index contributed by atoms with van der Waals surface area (Å²) in [7, 11) is 0. The normalized spacial score (nSPS) is 15.4. The molecule has 8 amide bonds. The number of aliphatic carboxylic acids is 1. The van der Waals surface area contributed by atoms with E-state index in [9.17, 15) is 43.2 Å². The van der Waals surface area contributed by atoms with Crippen molar-refractivity contribution in [2.24, 2.45) is 40.9 Å². The van der Waals surface area contributed by atoms with Crippen molar-refractivity contribution >= 4 is 53.2 Å². The third kappa shape index (κ3) is 19.7. The molecule has 0 unspecified atom stereocenters. The molecule has 0 aliphatic rings. The van der Waals surface area contributed by atoms with E-state index in [1.54, 1.807) is 34.6 Å². The van der Waals surface area contributed by atoms with Crippen LogP contribution in [0.5, 0.6) is 0 Å². The van der Waals surface area contributed by atoms with Crippen molar-refractivity contribution in [3.8, 4) is 0 Å². The van der Waals surface area contributed by atoms with Gasteiger partial charge in [-0.05, 0) is 55.9 Å². The minimum absolute atomic E-state index is 0.137. The minimum atomic E-state index is -1.39. The monoisotopic (exact) mass is 813 g/mol. The van der Waals surface area contributed by atoms with Crippen molar-refractivity contribution in [2.75, 3.05) is 19.6 Å². The van der Waals surface area contributed by atoms with Gasteiger partial charge in [0.05, 0.1) is 12.6 Å². The summed E-state index contributed by atoms with van der Waals surface area (Å²) < 4.78 is 0. The third-order valence-electron chi connectivity index (χ3n) is 9.59. The Morgan fingerprint density at radius 1 is 0.561 bits per heavy atom. The molecule has 0 saturated carbocycles. The standard InChI is InChI=1S/C37H68N10O10/c1-9-21(7)28(40)34(54)47-31(22(8)10-2)37(57)46-30(20(5)6)36(56)45-29(19(3)4)35(55)44-24(14-15-25(39)48)33(53)41-17-26(49)43-23(13-11-12-16-38)32(52)42-18-27(50)51/h19-24,28-31H,9-18,38,40H2,1-8H3,(H2,39,48)(H,41,53)(H,42,52)(H,43,49)(H,44,55)(H,45,56)(H,46,57)(H,47,54)(H,50,51)/t21-,22-,23-,24-,28-,29-,30-,31-/m0/s1. The molecule has 20 heteroatoms. The van der Waals surface area contributed by atoms with Crippen molar-refractivity contribution < 1.29 is 48.3 Å². The Bertz CT molecular complexity index is 1380. The molecule has 0 aromatic rings. The first-order valence-corrected chi connectivity index (χ1v) is 19.6. The first-order chi connectivity index (χ1) is 26.6. The molecule has 20 nitrogen and oxygen atoms in total. The van der Waals surface area contributed by atoms with Gasteiger partial charge in [-0.25, -0.2) is 0 Å². The third-order valence-corrected chi connectivity index (χ3v) is 9.59. The second kappa shape index (κ2) is 26.9. The Kier molecular flexibility index (Phi) is 24.6. The quantitative estimate of drug-likeness (QED) is 0.0377. The number of carbonyl (C=O) groups is 9. The highest BCUT2D eigenvalue weighted by molar-refractivity contribution is 5.97. The van der Waals surface area contributed by atoms with Gasteiger partial charge in [0.25, 0.3) is 0 Å². The second-order valence-corrected chi connectivity index (χ2v) is 15.0. The number of nitrogens with one attached hydrogen (secondary N) is 7. The molecule has 0 radical (unpaired) electrons. The zero-order chi connectivity index (χ0) is 44.0. The molecule has 0 aliphatic heterocycles. The molecule has 57 heavy (non-hydrogen) atoms. The number of hydrogen-bond acceptors (Lipinski definition) is 11. The van der Waals surface area contributed by atoms with Crippen LogP contribution in [0.1, 0.15) is 100 Å². The molecular weight excluding hydrogens is 744 g/mol. The van der Waals surface area contributed by atoms with E-state index in [2.05, 4.69) is 37.2 Å². The summed E-state index contributed by atoms with van der Waals surface area (Å²) >= 11 is 0. The maximum Gasteiger partial charge on any atom is 0.322 e. The number of unbranched alkanes of at least 4 members (excludes halogenated alkanes) is 1. The number of carboxylic acid groups (broad SMARTS) is 1. The number of carbonyl (C=O) groups excluding carboxylic acids is 8. The first-order valence-electron chi connectivity index (χ1n) is 19.6. The van der Waals surface area contributed by atoms with Crippen LogP contribution in [0.3, 0.4) is 0 Å². The summed E-state index contributed by atoms with van der Waals surface area (Å²) in [5, 5.41) is 26.5. The van der Waals surface area contributed by atoms with Crippen LogP contribution in [-0.4, -0.2) is 114 Å². The van der Waals surface area contributed by atoms with Crippen LogP contribution < -0.4 is 54.4 Å². The predicted molar refractivity (Wildman–Crippen MR) is 211 cm³/mol. The van der Waals surface area contributed by atoms with E-state index < -0.39 is 114 Å². The molecule has 0 aliphatic carbocycles.